The van der Waals surface area contributed by atoms with Gasteiger partial charge in [0.2, 0.25) is 15.9 Å². The first-order valence-electron chi connectivity index (χ1n) is 8.30. The zero-order valence-corrected chi connectivity index (χ0v) is 14.7. The molecule has 0 radical (unpaired) electrons. The Labute approximate surface area is 147 Å². The lowest BCUT2D eigenvalue weighted by Gasteiger charge is -2.31. The molecule has 0 spiro atoms. The molecule has 1 fully saturated rings. The number of hydrogen-bond donors (Lipinski definition) is 1. The van der Waals surface area contributed by atoms with Gasteiger partial charge in [-0.05, 0) is 37.1 Å². The smallest absolute Gasteiger partial charge is 0.243 e. The molecular weight excluding hydrogens is 338 g/mol. The largest absolute Gasteiger partial charge is 0.350 e. The van der Waals surface area contributed by atoms with Crippen LogP contribution in [0.15, 0.2) is 59.6 Å². The highest BCUT2D eigenvalue weighted by atomic mass is 32.2. The normalized spacial score (nSPS) is 18.6. The van der Waals surface area contributed by atoms with Crippen molar-refractivity contribution in [3.8, 4) is 0 Å². The lowest BCUT2D eigenvalue weighted by Crippen LogP contribution is -2.45. The molecule has 2 heterocycles. The fourth-order valence-corrected chi connectivity index (χ4v) is 4.49. The average Bonchev–Trinajstić information content (AvgIpc) is 2.67. The second-order valence-electron chi connectivity index (χ2n) is 6.05. The van der Waals surface area contributed by atoms with Gasteiger partial charge < -0.3 is 5.32 Å². The lowest BCUT2D eigenvalue weighted by atomic mass is 9.99. The average molecular weight is 359 g/mol. The number of nitrogens with one attached hydrogen (secondary N) is 1. The second kappa shape index (κ2) is 7.76. The van der Waals surface area contributed by atoms with Gasteiger partial charge in [-0.3, -0.25) is 9.78 Å². The molecule has 6 nitrogen and oxygen atoms in total. The van der Waals surface area contributed by atoms with E-state index in [9.17, 15) is 13.2 Å². The maximum atomic E-state index is 12.7. The van der Waals surface area contributed by atoms with Crippen molar-refractivity contribution >= 4 is 15.9 Å². The number of benzene rings is 1. The first-order chi connectivity index (χ1) is 12.1. The number of nitrogens with zero attached hydrogens (tertiary/aromatic N) is 2. The molecule has 3 rings (SSSR count). The van der Waals surface area contributed by atoms with Gasteiger partial charge >= 0.3 is 0 Å². The van der Waals surface area contributed by atoms with Crippen LogP contribution in [0.2, 0.25) is 0 Å². The monoisotopic (exact) mass is 359 g/mol. The van der Waals surface area contributed by atoms with E-state index < -0.39 is 10.0 Å². The maximum Gasteiger partial charge on any atom is 0.243 e. The van der Waals surface area contributed by atoms with Crippen molar-refractivity contribution in [3.63, 3.8) is 0 Å². The second-order valence-corrected chi connectivity index (χ2v) is 7.99. The van der Waals surface area contributed by atoms with Crippen molar-refractivity contribution in [1.82, 2.24) is 14.6 Å². The summed E-state index contributed by atoms with van der Waals surface area (Å²) in [6, 6.07) is 13.9. The lowest BCUT2D eigenvalue weighted by molar-refractivity contribution is -0.126. The zero-order chi connectivity index (χ0) is 17.7. The maximum absolute atomic E-state index is 12.7. The Balaban J connectivity index is 1.64. The van der Waals surface area contributed by atoms with Gasteiger partial charge in [-0.15, -0.1) is 0 Å². The molecule has 1 atom stereocenters. The van der Waals surface area contributed by atoms with Crippen LogP contribution in [0.4, 0.5) is 0 Å². The molecule has 0 unspecified atom stereocenters. The quantitative estimate of drug-likeness (QED) is 0.883. The van der Waals surface area contributed by atoms with Crippen LogP contribution in [0, 0.1) is 5.92 Å². The number of hydrogen-bond acceptors (Lipinski definition) is 4. The summed E-state index contributed by atoms with van der Waals surface area (Å²) in [5, 5.41) is 2.86. The minimum absolute atomic E-state index is 0.126. The van der Waals surface area contributed by atoms with Gasteiger partial charge in [0, 0.05) is 19.3 Å². The zero-order valence-electron chi connectivity index (χ0n) is 13.8. The Morgan fingerprint density at radius 2 is 1.92 bits per heavy atom. The summed E-state index contributed by atoms with van der Waals surface area (Å²) in [6.45, 7) is 1.01. The minimum Gasteiger partial charge on any atom is -0.350 e. The molecule has 132 valence electrons. The molecule has 7 heteroatoms. The molecule has 1 aromatic carbocycles. The Morgan fingerprint density at radius 3 is 2.64 bits per heavy atom. The summed E-state index contributed by atoms with van der Waals surface area (Å²) in [5.41, 5.74) is 0.778. The van der Waals surface area contributed by atoms with Gasteiger partial charge in [-0.25, -0.2) is 8.42 Å². The molecule has 1 aliphatic rings. The topological polar surface area (TPSA) is 79.4 Å². The van der Waals surface area contributed by atoms with Gasteiger partial charge in [0.1, 0.15) is 0 Å². The molecule has 1 aliphatic heterocycles. The number of carbonyl (C=O) groups excluding carboxylic acids is 1. The third kappa shape index (κ3) is 4.24. The van der Waals surface area contributed by atoms with Gasteiger partial charge in [0.15, 0.2) is 0 Å². The summed E-state index contributed by atoms with van der Waals surface area (Å²) in [6.07, 6.45) is 3.04. The van der Waals surface area contributed by atoms with E-state index in [1.165, 1.54) is 4.31 Å². The van der Waals surface area contributed by atoms with Gasteiger partial charge in [-0.2, -0.15) is 4.31 Å². The highest BCUT2D eigenvalue weighted by molar-refractivity contribution is 7.89. The highest BCUT2D eigenvalue weighted by Gasteiger charge is 2.33. The molecule has 0 saturated carbocycles. The molecule has 25 heavy (non-hydrogen) atoms. The fraction of sp³-hybridized carbons (Fsp3) is 0.333. The predicted octanol–water partition coefficient (Wildman–Crippen LogP) is 1.80. The van der Waals surface area contributed by atoms with Gasteiger partial charge in [-0.1, -0.05) is 24.3 Å². The standard InChI is InChI=1S/C18H21N3O3S/c22-18(20-13-16-8-4-5-11-19-16)15-7-6-12-21(14-15)25(23,24)17-9-2-1-3-10-17/h1-5,8-11,15H,6-7,12-14H2,(H,20,22)/t15-/m0/s1. The van der Waals surface area contributed by atoms with Crippen molar-refractivity contribution in [2.75, 3.05) is 13.1 Å². The van der Waals surface area contributed by atoms with Gasteiger partial charge in [0.25, 0.3) is 0 Å². The van der Waals surface area contributed by atoms with Crippen LogP contribution < -0.4 is 5.32 Å². The number of rotatable bonds is 5. The van der Waals surface area contributed by atoms with Crippen molar-refractivity contribution in [3.05, 3.63) is 60.4 Å². The summed E-state index contributed by atoms with van der Waals surface area (Å²) in [5.74, 6) is -0.463. The van der Waals surface area contributed by atoms with E-state index in [0.29, 0.717) is 25.9 Å². The number of pyridine rings is 1. The Hall–Kier alpha value is -2.25. The van der Waals surface area contributed by atoms with Crippen LogP contribution in [-0.2, 0) is 21.4 Å². The van der Waals surface area contributed by atoms with E-state index in [-0.39, 0.29) is 23.3 Å². The van der Waals surface area contributed by atoms with Crippen molar-refractivity contribution in [2.24, 2.45) is 5.92 Å². The van der Waals surface area contributed by atoms with E-state index >= 15 is 0 Å². The predicted molar refractivity (Wildman–Crippen MR) is 94.0 cm³/mol. The summed E-state index contributed by atoms with van der Waals surface area (Å²) < 4.78 is 26.9. The Kier molecular flexibility index (Phi) is 5.45. The Morgan fingerprint density at radius 1 is 1.16 bits per heavy atom. The van der Waals surface area contributed by atoms with Crippen LogP contribution >= 0.6 is 0 Å². The molecule has 0 bridgehead atoms. The molecule has 1 aromatic heterocycles. The van der Waals surface area contributed by atoms with E-state index in [4.69, 9.17) is 0 Å². The van der Waals surface area contributed by atoms with E-state index in [2.05, 4.69) is 10.3 Å². The summed E-state index contributed by atoms with van der Waals surface area (Å²) in [7, 11) is -3.55. The van der Waals surface area contributed by atoms with Crippen LogP contribution in [0.5, 0.6) is 0 Å². The first-order valence-corrected chi connectivity index (χ1v) is 9.74. The van der Waals surface area contributed by atoms with Crippen LogP contribution in [0.1, 0.15) is 18.5 Å². The number of carbonyl (C=O) groups is 1. The molecular formula is C18H21N3O3S. The molecule has 0 aliphatic carbocycles. The third-order valence-electron chi connectivity index (χ3n) is 4.31. The van der Waals surface area contributed by atoms with Crippen LogP contribution in [0.3, 0.4) is 0 Å². The van der Waals surface area contributed by atoms with Crippen LogP contribution in [-0.4, -0.2) is 36.7 Å². The molecule has 1 amide bonds. The number of aromatic nitrogens is 1. The first kappa shape index (κ1) is 17.6. The molecule has 1 saturated heterocycles. The van der Waals surface area contributed by atoms with Crippen molar-refractivity contribution in [2.45, 2.75) is 24.3 Å². The van der Waals surface area contributed by atoms with Crippen molar-refractivity contribution in [1.29, 1.82) is 0 Å². The summed E-state index contributed by atoms with van der Waals surface area (Å²) >= 11 is 0. The van der Waals surface area contributed by atoms with E-state index in [1.807, 2.05) is 18.2 Å². The fourth-order valence-electron chi connectivity index (χ4n) is 2.94. The van der Waals surface area contributed by atoms with Crippen molar-refractivity contribution < 1.29 is 13.2 Å². The van der Waals surface area contributed by atoms with E-state index in [1.54, 1.807) is 36.5 Å². The molecule has 2 aromatic rings. The van der Waals surface area contributed by atoms with E-state index in [0.717, 1.165) is 5.69 Å². The Bertz CT molecular complexity index is 810. The molecule has 1 N–H and O–H groups in total. The van der Waals surface area contributed by atoms with Gasteiger partial charge in [0.05, 0.1) is 23.1 Å². The minimum atomic E-state index is -3.55. The number of sulfonamides is 1. The number of amides is 1. The SMILES string of the molecule is O=C(NCc1ccccn1)[C@H]1CCCN(S(=O)(=O)c2ccccc2)C1. The number of piperidine rings is 1. The van der Waals surface area contributed by atoms with Crippen LogP contribution in [0.25, 0.3) is 0 Å². The summed E-state index contributed by atoms with van der Waals surface area (Å²) in [4.78, 5) is 16.9. The highest BCUT2D eigenvalue weighted by Crippen LogP contribution is 2.23. The third-order valence-corrected chi connectivity index (χ3v) is 6.19.